The summed E-state index contributed by atoms with van der Waals surface area (Å²) in [5.74, 6) is 0.410. The van der Waals surface area contributed by atoms with Crippen molar-refractivity contribution >= 4 is 22.8 Å². The average Bonchev–Trinajstić information content (AvgIpc) is 2.74. The van der Waals surface area contributed by atoms with E-state index in [1.54, 1.807) is 11.0 Å². The van der Waals surface area contributed by atoms with Crippen molar-refractivity contribution < 1.29 is 4.79 Å². The van der Waals surface area contributed by atoms with Gasteiger partial charge < -0.3 is 15.2 Å². The number of carbonyl (C=O) groups is 1. The molecule has 2 aromatic heterocycles. The van der Waals surface area contributed by atoms with Gasteiger partial charge >= 0.3 is 0 Å². The van der Waals surface area contributed by atoms with Crippen molar-refractivity contribution in [2.24, 2.45) is 0 Å². The number of aromatic nitrogens is 3. The van der Waals surface area contributed by atoms with Crippen LogP contribution in [0.5, 0.6) is 0 Å². The second kappa shape index (κ2) is 7.64. The highest BCUT2D eigenvalue weighted by Gasteiger charge is 2.23. The summed E-state index contributed by atoms with van der Waals surface area (Å²) in [5.41, 5.74) is 1.97. The number of anilines is 1. The van der Waals surface area contributed by atoms with Crippen molar-refractivity contribution in [1.29, 1.82) is 0 Å². The van der Waals surface area contributed by atoms with Gasteiger partial charge in [0.25, 0.3) is 0 Å². The predicted molar refractivity (Wildman–Crippen MR) is 109 cm³/mol. The first-order chi connectivity index (χ1) is 13.7. The van der Waals surface area contributed by atoms with E-state index in [1.165, 1.54) is 12.4 Å². The highest BCUT2D eigenvalue weighted by molar-refractivity contribution is 5.88. The van der Waals surface area contributed by atoms with Crippen LogP contribution in [0.25, 0.3) is 22.3 Å². The number of hydrogen-bond acceptors (Lipinski definition) is 5. The summed E-state index contributed by atoms with van der Waals surface area (Å²) >= 11 is 0. The molecule has 1 aliphatic rings. The Morgan fingerprint density at radius 2 is 2.11 bits per heavy atom. The SMILES string of the molecule is C=CC(=O)N1CCC[C@@H](Nc2ncnc3[nH]c(-c4ccccc4)cc(=O)c23)C1. The number of likely N-dealkylation sites (tertiary alicyclic amines) is 1. The highest BCUT2D eigenvalue weighted by Crippen LogP contribution is 2.22. The summed E-state index contributed by atoms with van der Waals surface area (Å²) in [6.07, 6.45) is 4.55. The molecule has 2 N–H and O–H groups in total. The zero-order valence-corrected chi connectivity index (χ0v) is 15.4. The van der Waals surface area contributed by atoms with Crippen LogP contribution in [0, 0.1) is 0 Å². The fraction of sp³-hybridized carbons (Fsp3) is 0.238. The Kier molecular flexibility index (Phi) is 4.89. The monoisotopic (exact) mass is 375 g/mol. The maximum Gasteiger partial charge on any atom is 0.246 e. The van der Waals surface area contributed by atoms with Gasteiger partial charge in [0.2, 0.25) is 5.91 Å². The topological polar surface area (TPSA) is 91.0 Å². The number of piperidine rings is 1. The van der Waals surface area contributed by atoms with E-state index < -0.39 is 0 Å². The van der Waals surface area contributed by atoms with Crippen LogP contribution in [0.15, 0.2) is 60.2 Å². The van der Waals surface area contributed by atoms with E-state index in [0.29, 0.717) is 35.6 Å². The molecule has 1 atom stereocenters. The summed E-state index contributed by atoms with van der Waals surface area (Å²) in [6.45, 7) is 4.82. The second-order valence-electron chi connectivity index (χ2n) is 6.83. The van der Waals surface area contributed by atoms with Crippen LogP contribution in [-0.4, -0.2) is 44.9 Å². The number of hydrogen-bond donors (Lipinski definition) is 2. The van der Waals surface area contributed by atoms with Crippen LogP contribution in [-0.2, 0) is 4.79 Å². The molecule has 4 rings (SSSR count). The smallest absolute Gasteiger partial charge is 0.246 e. The first kappa shape index (κ1) is 17.9. The average molecular weight is 375 g/mol. The molecular formula is C21H21N5O2. The minimum atomic E-state index is -0.148. The van der Waals surface area contributed by atoms with Crippen molar-refractivity contribution in [3.63, 3.8) is 0 Å². The van der Waals surface area contributed by atoms with E-state index in [0.717, 1.165) is 18.4 Å². The van der Waals surface area contributed by atoms with E-state index in [4.69, 9.17) is 0 Å². The Balaban J connectivity index is 1.66. The summed E-state index contributed by atoms with van der Waals surface area (Å²) in [4.78, 5) is 38.3. The normalized spacial score (nSPS) is 16.7. The molecular weight excluding hydrogens is 354 g/mol. The number of aromatic amines is 1. The third kappa shape index (κ3) is 3.51. The molecule has 3 aromatic rings. The van der Waals surface area contributed by atoms with Crippen molar-refractivity contribution in [1.82, 2.24) is 19.9 Å². The second-order valence-corrected chi connectivity index (χ2v) is 6.83. The molecule has 0 aliphatic carbocycles. The molecule has 1 fully saturated rings. The Morgan fingerprint density at radius 1 is 1.29 bits per heavy atom. The highest BCUT2D eigenvalue weighted by atomic mass is 16.2. The number of H-pyrrole nitrogens is 1. The molecule has 28 heavy (non-hydrogen) atoms. The molecule has 7 nitrogen and oxygen atoms in total. The van der Waals surface area contributed by atoms with Crippen LogP contribution < -0.4 is 10.7 Å². The lowest BCUT2D eigenvalue weighted by atomic mass is 10.1. The number of amides is 1. The Bertz CT molecular complexity index is 1080. The molecule has 0 spiro atoms. The molecule has 7 heteroatoms. The summed E-state index contributed by atoms with van der Waals surface area (Å²) < 4.78 is 0. The van der Waals surface area contributed by atoms with Crippen molar-refractivity contribution in [2.45, 2.75) is 18.9 Å². The molecule has 1 aromatic carbocycles. The molecule has 1 aliphatic heterocycles. The van der Waals surface area contributed by atoms with Gasteiger partial charge in [-0.15, -0.1) is 0 Å². The zero-order valence-electron chi connectivity index (χ0n) is 15.4. The standard InChI is InChI=1S/C21H21N5O2/c1-2-18(28)26-10-6-9-15(12-26)24-20-19-17(27)11-16(14-7-4-3-5-8-14)25-21(19)23-13-22-20/h2-5,7-8,11,13,15H,1,6,9-10,12H2,(H2,22,23,24,25,27)/t15-/m1/s1. The molecule has 0 unspecified atom stereocenters. The van der Waals surface area contributed by atoms with Gasteiger partial charge in [0.1, 0.15) is 23.2 Å². The van der Waals surface area contributed by atoms with Crippen molar-refractivity contribution in [3.8, 4) is 11.3 Å². The van der Waals surface area contributed by atoms with Crippen LogP contribution in [0.1, 0.15) is 12.8 Å². The predicted octanol–water partition coefficient (Wildman–Crippen LogP) is 2.57. The Hall–Kier alpha value is -3.48. The molecule has 0 radical (unpaired) electrons. The van der Waals surface area contributed by atoms with Gasteiger partial charge in [0, 0.05) is 25.2 Å². The third-order valence-corrected chi connectivity index (χ3v) is 4.96. The maximum absolute atomic E-state index is 12.8. The summed E-state index contributed by atoms with van der Waals surface area (Å²) in [5, 5.41) is 3.76. The molecule has 0 bridgehead atoms. The number of pyridine rings is 1. The van der Waals surface area contributed by atoms with Gasteiger partial charge in [0.05, 0.1) is 5.69 Å². The number of nitrogens with zero attached hydrogens (tertiary/aromatic N) is 3. The van der Waals surface area contributed by atoms with E-state index >= 15 is 0 Å². The number of fused-ring (bicyclic) bond motifs is 1. The van der Waals surface area contributed by atoms with Gasteiger partial charge in [-0.1, -0.05) is 36.9 Å². The lowest BCUT2D eigenvalue weighted by Gasteiger charge is -2.32. The van der Waals surface area contributed by atoms with E-state index in [2.05, 4.69) is 26.8 Å². The van der Waals surface area contributed by atoms with Gasteiger partial charge in [-0.25, -0.2) is 9.97 Å². The minimum Gasteiger partial charge on any atom is -0.365 e. The fourth-order valence-corrected chi connectivity index (χ4v) is 3.58. The van der Waals surface area contributed by atoms with Crippen molar-refractivity contribution in [2.75, 3.05) is 18.4 Å². The number of rotatable bonds is 4. The van der Waals surface area contributed by atoms with Crippen molar-refractivity contribution in [3.05, 3.63) is 65.6 Å². The first-order valence-electron chi connectivity index (χ1n) is 9.27. The quantitative estimate of drug-likeness (QED) is 0.684. The lowest BCUT2D eigenvalue weighted by Crippen LogP contribution is -2.44. The number of carbonyl (C=O) groups excluding carboxylic acids is 1. The van der Waals surface area contributed by atoms with E-state index in [1.807, 2.05) is 30.3 Å². The van der Waals surface area contributed by atoms with Crippen LogP contribution in [0.2, 0.25) is 0 Å². The first-order valence-corrected chi connectivity index (χ1v) is 9.27. The Morgan fingerprint density at radius 3 is 2.89 bits per heavy atom. The van der Waals surface area contributed by atoms with Gasteiger partial charge in [-0.05, 0) is 24.5 Å². The third-order valence-electron chi connectivity index (χ3n) is 4.96. The van der Waals surface area contributed by atoms with Crippen LogP contribution >= 0.6 is 0 Å². The van der Waals surface area contributed by atoms with Gasteiger partial charge in [0.15, 0.2) is 5.43 Å². The number of benzene rings is 1. The molecule has 142 valence electrons. The van der Waals surface area contributed by atoms with E-state index in [-0.39, 0.29) is 17.4 Å². The van der Waals surface area contributed by atoms with E-state index in [9.17, 15) is 9.59 Å². The van der Waals surface area contributed by atoms with Crippen LogP contribution in [0.3, 0.4) is 0 Å². The van der Waals surface area contributed by atoms with Gasteiger partial charge in [-0.2, -0.15) is 0 Å². The molecule has 3 heterocycles. The molecule has 1 saturated heterocycles. The zero-order chi connectivity index (χ0) is 19.5. The maximum atomic E-state index is 12.8. The fourth-order valence-electron chi connectivity index (χ4n) is 3.58. The molecule has 1 amide bonds. The number of nitrogens with one attached hydrogen (secondary N) is 2. The molecule has 0 saturated carbocycles. The largest absolute Gasteiger partial charge is 0.365 e. The van der Waals surface area contributed by atoms with Gasteiger partial charge in [-0.3, -0.25) is 9.59 Å². The minimum absolute atomic E-state index is 0.0175. The Labute approximate surface area is 162 Å². The lowest BCUT2D eigenvalue weighted by molar-refractivity contribution is -0.127. The summed E-state index contributed by atoms with van der Waals surface area (Å²) in [7, 11) is 0. The van der Waals surface area contributed by atoms with Crippen LogP contribution in [0.4, 0.5) is 5.82 Å². The summed E-state index contributed by atoms with van der Waals surface area (Å²) in [6, 6.07) is 11.2.